The lowest BCUT2D eigenvalue weighted by Crippen LogP contribution is -2.41. The Morgan fingerprint density at radius 1 is 1.24 bits per heavy atom. The summed E-state index contributed by atoms with van der Waals surface area (Å²) >= 11 is 5.43. The van der Waals surface area contributed by atoms with Crippen LogP contribution in [0.5, 0.6) is 0 Å². The molecule has 0 N–H and O–H groups in total. The van der Waals surface area contributed by atoms with Gasteiger partial charge in [0.1, 0.15) is 0 Å². The van der Waals surface area contributed by atoms with Crippen LogP contribution in [0.15, 0.2) is 15.9 Å². The van der Waals surface area contributed by atoms with Crippen LogP contribution in [0.25, 0.3) is 0 Å². The van der Waals surface area contributed by atoms with Crippen LogP contribution in [0.4, 0.5) is 0 Å². The predicted octanol–water partition coefficient (Wildman–Crippen LogP) is 4.52. The largest absolute Gasteiger partial charge is 0.298 e. The molecule has 1 aliphatic heterocycles. The molecule has 94 valence electrons. The van der Waals surface area contributed by atoms with E-state index in [1.54, 1.807) is 0 Å². The van der Waals surface area contributed by atoms with Gasteiger partial charge in [0.2, 0.25) is 0 Å². The monoisotopic (exact) mass is 313 g/mol. The molecule has 2 atom stereocenters. The van der Waals surface area contributed by atoms with Gasteiger partial charge in [-0.15, -0.1) is 11.3 Å². The lowest BCUT2D eigenvalue weighted by molar-refractivity contribution is 0.0827. The van der Waals surface area contributed by atoms with Crippen molar-refractivity contribution >= 4 is 27.3 Å². The summed E-state index contributed by atoms with van der Waals surface area (Å²) in [6, 6.07) is 2.28. The van der Waals surface area contributed by atoms with Gasteiger partial charge in [-0.3, -0.25) is 4.90 Å². The van der Waals surface area contributed by atoms with Gasteiger partial charge in [-0.2, -0.15) is 0 Å². The van der Waals surface area contributed by atoms with Crippen LogP contribution >= 0.6 is 27.3 Å². The number of fused-ring (bicyclic) bond motifs is 1. The van der Waals surface area contributed by atoms with Gasteiger partial charge in [-0.05, 0) is 53.2 Å². The molecule has 1 saturated heterocycles. The first-order valence-electron chi connectivity index (χ1n) is 6.76. The summed E-state index contributed by atoms with van der Waals surface area (Å²) in [6.45, 7) is 3.83. The van der Waals surface area contributed by atoms with E-state index >= 15 is 0 Å². The minimum Gasteiger partial charge on any atom is -0.298 e. The van der Waals surface area contributed by atoms with E-state index in [0.717, 1.165) is 11.8 Å². The van der Waals surface area contributed by atoms with Gasteiger partial charge >= 0.3 is 0 Å². The highest BCUT2D eigenvalue weighted by molar-refractivity contribution is 9.10. The summed E-state index contributed by atoms with van der Waals surface area (Å²) in [5.41, 5.74) is 0. The molecule has 2 heterocycles. The third kappa shape index (κ3) is 2.94. The Morgan fingerprint density at radius 3 is 2.82 bits per heavy atom. The normalized spacial score (nSPS) is 30.2. The van der Waals surface area contributed by atoms with E-state index in [4.69, 9.17) is 0 Å². The highest BCUT2D eigenvalue weighted by atomic mass is 79.9. The minimum atomic E-state index is 1.00. The second-order valence-electron chi connectivity index (χ2n) is 5.56. The summed E-state index contributed by atoms with van der Waals surface area (Å²) in [7, 11) is 0. The van der Waals surface area contributed by atoms with Gasteiger partial charge in [0, 0.05) is 27.8 Å². The van der Waals surface area contributed by atoms with E-state index in [0.29, 0.717) is 0 Å². The Balaban J connectivity index is 1.58. The molecule has 1 aliphatic carbocycles. The van der Waals surface area contributed by atoms with Crippen LogP contribution < -0.4 is 0 Å². The molecule has 2 fully saturated rings. The van der Waals surface area contributed by atoms with Crippen LogP contribution in [0.3, 0.4) is 0 Å². The average Bonchev–Trinajstić information content (AvgIpc) is 2.75. The highest BCUT2D eigenvalue weighted by Gasteiger charge is 2.30. The van der Waals surface area contributed by atoms with Gasteiger partial charge in [0.25, 0.3) is 0 Å². The fraction of sp³-hybridized carbons (Fsp3) is 0.714. The first-order chi connectivity index (χ1) is 8.31. The molecule has 0 aromatic carbocycles. The van der Waals surface area contributed by atoms with Crippen molar-refractivity contribution < 1.29 is 0 Å². The fourth-order valence-corrected chi connectivity index (χ4v) is 4.97. The van der Waals surface area contributed by atoms with Crippen LogP contribution in [0.2, 0.25) is 0 Å². The molecule has 1 saturated carbocycles. The van der Waals surface area contributed by atoms with Crippen LogP contribution in [-0.4, -0.2) is 18.0 Å². The predicted molar refractivity (Wildman–Crippen MR) is 77.4 cm³/mol. The zero-order chi connectivity index (χ0) is 11.7. The smallest absolute Gasteiger partial charge is 0.0328 e. The van der Waals surface area contributed by atoms with Crippen molar-refractivity contribution in [2.75, 3.05) is 13.1 Å². The van der Waals surface area contributed by atoms with Crippen molar-refractivity contribution in [3.05, 3.63) is 20.8 Å². The van der Waals surface area contributed by atoms with E-state index in [2.05, 4.69) is 32.3 Å². The Bertz CT molecular complexity index is 376. The van der Waals surface area contributed by atoms with Crippen LogP contribution in [0.1, 0.15) is 37.0 Å². The quantitative estimate of drug-likeness (QED) is 0.775. The third-order valence-corrected chi connectivity index (χ3v) is 6.06. The topological polar surface area (TPSA) is 3.24 Å². The van der Waals surface area contributed by atoms with Crippen molar-refractivity contribution in [2.24, 2.45) is 11.8 Å². The van der Waals surface area contributed by atoms with Crippen LogP contribution in [-0.2, 0) is 6.54 Å². The maximum atomic E-state index is 3.54. The fourth-order valence-electron chi connectivity index (χ4n) is 3.48. The molecular weight excluding hydrogens is 294 g/mol. The summed E-state index contributed by atoms with van der Waals surface area (Å²) in [5, 5.41) is 2.20. The van der Waals surface area contributed by atoms with Gasteiger partial charge < -0.3 is 0 Å². The van der Waals surface area contributed by atoms with Gasteiger partial charge in [0.15, 0.2) is 0 Å². The van der Waals surface area contributed by atoms with Crippen molar-refractivity contribution in [1.82, 2.24) is 4.90 Å². The van der Waals surface area contributed by atoms with E-state index < -0.39 is 0 Å². The number of nitrogens with zero attached hydrogens (tertiary/aromatic N) is 1. The number of likely N-dealkylation sites (tertiary alicyclic amines) is 1. The summed E-state index contributed by atoms with van der Waals surface area (Å²) in [4.78, 5) is 4.18. The molecule has 0 bridgehead atoms. The van der Waals surface area contributed by atoms with Crippen molar-refractivity contribution in [3.63, 3.8) is 0 Å². The molecular formula is C14H20BrNS. The third-order valence-electron chi connectivity index (χ3n) is 4.38. The zero-order valence-electron chi connectivity index (χ0n) is 10.2. The number of thiophene rings is 1. The summed E-state index contributed by atoms with van der Waals surface area (Å²) in [5.74, 6) is 2.05. The number of halogens is 1. The molecule has 0 spiro atoms. The Labute approximate surface area is 116 Å². The van der Waals surface area contributed by atoms with Gasteiger partial charge in [0.05, 0.1) is 0 Å². The molecule has 17 heavy (non-hydrogen) atoms. The minimum absolute atomic E-state index is 1.00. The molecule has 3 heteroatoms. The lowest BCUT2D eigenvalue weighted by Gasteiger charge is -2.41. The molecule has 2 aliphatic rings. The molecule has 3 rings (SSSR count). The molecule has 2 unspecified atom stereocenters. The van der Waals surface area contributed by atoms with E-state index in [1.165, 1.54) is 61.1 Å². The second-order valence-corrected chi connectivity index (χ2v) is 7.47. The standard InChI is InChI=1S/C14H20BrNS/c15-13-7-14(17-10-13)9-16-6-5-11-3-1-2-4-12(11)8-16/h7,10-12H,1-6,8-9H2. The second kappa shape index (κ2) is 5.41. The first-order valence-corrected chi connectivity index (χ1v) is 8.44. The lowest BCUT2D eigenvalue weighted by atomic mass is 9.75. The molecule has 1 aromatic heterocycles. The number of piperidine rings is 1. The number of rotatable bonds is 2. The van der Waals surface area contributed by atoms with E-state index in [1.807, 2.05) is 11.3 Å². The first kappa shape index (κ1) is 12.2. The van der Waals surface area contributed by atoms with Crippen LogP contribution in [0, 0.1) is 11.8 Å². The highest BCUT2D eigenvalue weighted by Crippen LogP contribution is 2.36. The maximum Gasteiger partial charge on any atom is 0.0328 e. The van der Waals surface area contributed by atoms with E-state index in [9.17, 15) is 0 Å². The van der Waals surface area contributed by atoms with Crippen molar-refractivity contribution in [2.45, 2.75) is 38.6 Å². The Morgan fingerprint density at radius 2 is 2.06 bits per heavy atom. The zero-order valence-corrected chi connectivity index (χ0v) is 12.6. The summed E-state index contributed by atoms with van der Waals surface area (Å²) in [6.07, 6.45) is 7.38. The van der Waals surface area contributed by atoms with Crippen molar-refractivity contribution in [3.8, 4) is 0 Å². The maximum absolute atomic E-state index is 3.54. The number of hydrogen-bond donors (Lipinski definition) is 0. The molecule has 0 amide bonds. The van der Waals surface area contributed by atoms with Crippen molar-refractivity contribution in [1.29, 1.82) is 0 Å². The Hall–Kier alpha value is 0.140. The van der Waals surface area contributed by atoms with Gasteiger partial charge in [-0.1, -0.05) is 19.3 Å². The van der Waals surface area contributed by atoms with E-state index in [-0.39, 0.29) is 0 Å². The Kier molecular flexibility index (Phi) is 3.88. The summed E-state index contributed by atoms with van der Waals surface area (Å²) < 4.78 is 1.24. The molecule has 1 aromatic rings. The molecule has 1 nitrogen and oxygen atoms in total. The van der Waals surface area contributed by atoms with Gasteiger partial charge in [-0.25, -0.2) is 0 Å². The number of hydrogen-bond acceptors (Lipinski definition) is 2. The molecule has 0 radical (unpaired) electrons. The SMILES string of the molecule is Brc1csc(CN2CCC3CCCCC3C2)c1. The average molecular weight is 314 g/mol.